The Labute approximate surface area is 132 Å². The molecular weight excluding hydrogens is 298 g/mol. The molecular formula is C15H17N5OS. The minimum atomic E-state index is 0.352. The number of rotatable bonds is 6. The molecule has 2 N–H and O–H groups in total. The molecule has 0 aliphatic heterocycles. The van der Waals surface area contributed by atoms with E-state index in [-0.39, 0.29) is 0 Å². The van der Waals surface area contributed by atoms with Crippen LogP contribution in [0.15, 0.2) is 35.7 Å². The minimum absolute atomic E-state index is 0.352. The molecule has 0 saturated carbocycles. The predicted molar refractivity (Wildman–Crippen MR) is 85.3 cm³/mol. The fourth-order valence-corrected chi connectivity index (χ4v) is 2.89. The molecule has 0 aliphatic rings. The third-order valence-corrected chi connectivity index (χ3v) is 4.11. The maximum Gasteiger partial charge on any atom is 0.212 e. The second-order valence-electron chi connectivity index (χ2n) is 4.78. The summed E-state index contributed by atoms with van der Waals surface area (Å²) in [7, 11) is 0. The Morgan fingerprint density at radius 1 is 1.27 bits per heavy atom. The van der Waals surface area contributed by atoms with Gasteiger partial charge in [-0.2, -0.15) is 4.68 Å². The van der Waals surface area contributed by atoms with Crippen molar-refractivity contribution in [2.75, 3.05) is 6.61 Å². The fraction of sp³-hybridized carbons (Fsp3) is 0.267. The molecule has 0 spiro atoms. The predicted octanol–water partition coefficient (Wildman–Crippen LogP) is 2.11. The lowest BCUT2D eigenvalue weighted by atomic mass is 10.2. The monoisotopic (exact) mass is 315 g/mol. The zero-order chi connectivity index (χ0) is 15.4. The van der Waals surface area contributed by atoms with Gasteiger partial charge in [0.05, 0.1) is 18.0 Å². The number of benzene rings is 1. The number of hydrogen-bond donors (Lipinski definition) is 1. The van der Waals surface area contributed by atoms with Gasteiger partial charge in [0.1, 0.15) is 11.4 Å². The number of thiazole rings is 1. The number of nitrogens with zero attached hydrogens (tertiary/aromatic N) is 4. The van der Waals surface area contributed by atoms with Gasteiger partial charge in [-0.15, -0.1) is 16.4 Å². The average Bonchev–Trinajstić information content (AvgIpc) is 3.14. The van der Waals surface area contributed by atoms with Crippen molar-refractivity contribution in [3.63, 3.8) is 0 Å². The van der Waals surface area contributed by atoms with Crippen molar-refractivity contribution >= 4 is 11.3 Å². The molecule has 7 heteroatoms. The van der Waals surface area contributed by atoms with Crippen LogP contribution in [0.4, 0.5) is 0 Å². The van der Waals surface area contributed by atoms with Crippen LogP contribution >= 0.6 is 11.3 Å². The Morgan fingerprint density at radius 3 is 2.77 bits per heavy atom. The van der Waals surface area contributed by atoms with Crippen molar-refractivity contribution in [3.05, 3.63) is 52.8 Å². The molecule has 2 aromatic heterocycles. The SMILES string of the molecule is Cc1csc(-n2nnc(CN)c2CCOc2ccccc2)n1. The van der Waals surface area contributed by atoms with E-state index in [1.54, 1.807) is 4.68 Å². The first-order valence-electron chi connectivity index (χ1n) is 7.02. The first kappa shape index (κ1) is 14.7. The van der Waals surface area contributed by atoms with Crippen LogP contribution in [-0.2, 0) is 13.0 Å². The van der Waals surface area contributed by atoms with E-state index in [0.717, 1.165) is 28.0 Å². The van der Waals surface area contributed by atoms with Crippen molar-refractivity contribution in [3.8, 4) is 10.9 Å². The van der Waals surface area contributed by atoms with Gasteiger partial charge in [0.2, 0.25) is 5.13 Å². The quantitative estimate of drug-likeness (QED) is 0.753. The fourth-order valence-electron chi connectivity index (χ4n) is 2.12. The molecule has 1 aromatic carbocycles. The van der Waals surface area contributed by atoms with E-state index in [9.17, 15) is 0 Å². The van der Waals surface area contributed by atoms with Gasteiger partial charge in [0, 0.05) is 18.3 Å². The van der Waals surface area contributed by atoms with E-state index in [4.69, 9.17) is 10.5 Å². The summed E-state index contributed by atoms with van der Waals surface area (Å²) in [5, 5.41) is 11.1. The molecule has 2 heterocycles. The molecule has 3 rings (SSSR count). The Kier molecular flexibility index (Phi) is 4.45. The van der Waals surface area contributed by atoms with Crippen LogP contribution in [0.2, 0.25) is 0 Å². The largest absolute Gasteiger partial charge is 0.493 e. The highest BCUT2D eigenvalue weighted by molar-refractivity contribution is 7.12. The molecule has 0 aliphatic carbocycles. The number of nitrogens with two attached hydrogens (primary N) is 1. The Bertz CT molecular complexity index is 737. The van der Waals surface area contributed by atoms with E-state index >= 15 is 0 Å². The van der Waals surface area contributed by atoms with Crippen molar-refractivity contribution < 1.29 is 4.74 Å². The number of ether oxygens (including phenoxy) is 1. The highest BCUT2D eigenvalue weighted by Crippen LogP contribution is 2.18. The highest BCUT2D eigenvalue weighted by Gasteiger charge is 2.15. The van der Waals surface area contributed by atoms with Gasteiger partial charge < -0.3 is 10.5 Å². The minimum Gasteiger partial charge on any atom is -0.493 e. The highest BCUT2D eigenvalue weighted by atomic mass is 32.1. The Morgan fingerprint density at radius 2 is 2.09 bits per heavy atom. The third-order valence-electron chi connectivity index (χ3n) is 3.18. The molecule has 0 unspecified atom stereocenters. The van der Waals surface area contributed by atoms with Crippen molar-refractivity contribution in [2.24, 2.45) is 5.73 Å². The van der Waals surface area contributed by atoms with E-state index < -0.39 is 0 Å². The maximum atomic E-state index is 5.76. The standard InChI is InChI=1S/C15H17N5OS/c1-11-10-22-15(17-11)20-14(13(9-16)18-19-20)7-8-21-12-5-3-2-4-6-12/h2-6,10H,7-9,16H2,1H3. The first-order chi connectivity index (χ1) is 10.8. The zero-order valence-electron chi connectivity index (χ0n) is 12.3. The summed E-state index contributed by atoms with van der Waals surface area (Å²) in [5.74, 6) is 0.848. The second-order valence-corrected chi connectivity index (χ2v) is 5.62. The number of para-hydroxylation sites is 1. The molecule has 0 radical (unpaired) electrons. The van der Waals surface area contributed by atoms with E-state index in [2.05, 4.69) is 15.3 Å². The summed E-state index contributed by atoms with van der Waals surface area (Å²) in [6, 6.07) is 9.73. The van der Waals surface area contributed by atoms with Gasteiger partial charge in [-0.05, 0) is 19.1 Å². The van der Waals surface area contributed by atoms with Gasteiger partial charge in [0.15, 0.2) is 0 Å². The van der Waals surface area contributed by atoms with E-state index in [1.807, 2.05) is 42.6 Å². The van der Waals surface area contributed by atoms with Crippen LogP contribution in [0.3, 0.4) is 0 Å². The van der Waals surface area contributed by atoms with Gasteiger partial charge in [-0.1, -0.05) is 23.4 Å². The Balaban J connectivity index is 1.76. The molecule has 0 amide bonds. The van der Waals surface area contributed by atoms with Crippen LogP contribution in [0.5, 0.6) is 5.75 Å². The van der Waals surface area contributed by atoms with E-state index in [1.165, 1.54) is 11.3 Å². The number of hydrogen-bond acceptors (Lipinski definition) is 6. The van der Waals surface area contributed by atoms with Crippen LogP contribution in [0, 0.1) is 6.92 Å². The lowest BCUT2D eigenvalue weighted by Crippen LogP contribution is -2.11. The summed E-state index contributed by atoms with van der Waals surface area (Å²) >= 11 is 1.54. The lowest BCUT2D eigenvalue weighted by Gasteiger charge is -2.07. The van der Waals surface area contributed by atoms with Gasteiger partial charge in [-0.3, -0.25) is 0 Å². The summed E-state index contributed by atoms with van der Waals surface area (Å²) in [6.07, 6.45) is 0.674. The average molecular weight is 315 g/mol. The summed E-state index contributed by atoms with van der Waals surface area (Å²) in [5.41, 5.74) is 8.46. The summed E-state index contributed by atoms with van der Waals surface area (Å²) in [6.45, 7) is 2.85. The van der Waals surface area contributed by atoms with Crippen molar-refractivity contribution in [2.45, 2.75) is 19.9 Å². The van der Waals surface area contributed by atoms with Gasteiger partial charge in [-0.25, -0.2) is 4.98 Å². The smallest absolute Gasteiger partial charge is 0.212 e. The topological polar surface area (TPSA) is 78.9 Å². The van der Waals surface area contributed by atoms with Crippen LogP contribution in [-0.4, -0.2) is 26.6 Å². The lowest BCUT2D eigenvalue weighted by molar-refractivity contribution is 0.319. The molecule has 114 valence electrons. The molecule has 6 nitrogen and oxygen atoms in total. The second kappa shape index (κ2) is 6.67. The summed E-state index contributed by atoms with van der Waals surface area (Å²) in [4.78, 5) is 4.45. The zero-order valence-corrected chi connectivity index (χ0v) is 13.1. The van der Waals surface area contributed by atoms with Crippen LogP contribution in [0.1, 0.15) is 17.1 Å². The molecule has 0 fully saturated rings. The maximum absolute atomic E-state index is 5.76. The van der Waals surface area contributed by atoms with Crippen molar-refractivity contribution in [1.29, 1.82) is 0 Å². The number of aryl methyl sites for hydroxylation is 1. The first-order valence-corrected chi connectivity index (χ1v) is 7.90. The normalized spacial score (nSPS) is 10.8. The van der Waals surface area contributed by atoms with Crippen LogP contribution in [0.25, 0.3) is 5.13 Å². The number of aromatic nitrogens is 4. The molecule has 0 saturated heterocycles. The van der Waals surface area contributed by atoms with E-state index in [0.29, 0.717) is 19.6 Å². The van der Waals surface area contributed by atoms with Crippen molar-refractivity contribution in [1.82, 2.24) is 20.0 Å². The molecule has 0 atom stereocenters. The molecule has 22 heavy (non-hydrogen) atoms. The summed E-state index contributed by atoms with van der Waals surface area (Å²) < 4.78 is 7.51. The molecule has 0 bridgehead atoms. The third kappa shape index (κ3) is 3.15. The molecule has 3 aromatic rings. The van der Waals surface area contributed by atoms with Gasteiger partial charge >= 0.3 is 0 Å². The van der Waals surface area contributed by atoms with Crippen LogP contribution < -0.4 is 10.5 Å². The van der Waals surface area contributed by atoms with Gasteiger partial charge in [0.25, 0.3) is 0 Å². The Hall–Kier alpha value is -2.25.